The van der Waals surface area contributed by atoms with Crippen molar-refractivity contribution in [2.45, 2.75) is 32.4 Å². The minimum Gasteiger partial charge on any atom is -0.444 e. The molecule has 3 rings (SSSR count). The summed E-state index contributed by atoms with van der Waals surface area (Å²) in [6.07, 6.45) is 1.85. The number of nitrogens with zero attached hydrogens (tertiary/aromatic N) is 3. The second-order valence-electron chi connectivity index (χ2n) is 6.69. The average Bonchev–Trinajstić information content (AvgIpc) is 3.25. The summed E-state index contributed by atoms with van der Waals surface area (Å²) in [7, 11) is 2.14. The predicted octanol–water partition coefficient (Wildman–Crippen LogP) is 3.36. The lowest BCUT2D eigenvalue weighted by atomic mass is 10.1. The van der Waals surface area contributed by atoms with Gasteiger partial charge in [-0.1, -0.05) is 19.9 Å². The first kappa shape index (κ1) is 17.6. The van der Waals surface area contributed by atoms with E-state index in [9.17, 15) is 0 Å². The fourth-order valence-electron chi connectivity index (χ4n) is 3.01. The number of ether oxygens (including phenoxy) is 1. The molecule has 2 aromatic rings. The lowest BCUT2D eigenvalue weighted by molar-refractivity contribution is 0.00916. The highest BCUT2D eigenvalue weighted by Crippen LogP contribution is 2.27. The van der Waals surface area contributed by atoms with E-state index in [1.165, 1.54) is 4.88 Å². The molecular weight excluding hydrogens is 322 g/mol. The Hall–Kier alpha value is -1.21. The Kier molecular flexibility index (Phi) is 6.05. The Morgan fingerprint density at radius 3 is 2.75 bits per heavy atom. The quantitative estimate of drug-likeness (QED) is 0.767. The van der Waals surface area contributed by atoms with Crippen LogP contribution in [-0.4, -0.2) is 54.7 Å². The number of aromatic nitrogens is 1. The molecular formula is C18H27N3O2S. The van der Waals surface area contributed by atoms with Crippen LogP contribution in [0.3, 0.4) is 0 Å². The summed E-state index contributed by atoms with van der Waals surface area (Å²) in [6.45, 7) is 9.57. The van der Waals surface area contributed by atoms with Crippen molar-refractivity contribution >= 4 is 11.3 Å². The number of thiophene rings is 1. The molecule has 1 aliphatic rings. The first-order valence-corrected chi connectivity index (χ1v) is 9.50. The molecule has 0 unspecified atom stereocenters. The van der Waals surface area contributed by atoms with Gasteiger partial charge in [0.25, 0.3) is 0 Å². The minimum atomic E-state index is 0.378. The van der Waals surface area contributed by atoms with Gasteiger partial charge >= 0.3 is 0 Å². The third-order valence-corrected chi connectivity index (χ3v) is 5.36. The van der Waals surface area contributed by atoms with Crippen molar-refractivity contribution in [1.82, 2.24) is 14.8 Å². The lowest BCUT2D eigenvalue weighted by Crippen LogP contribution is -2.42. The van der Waals surface area contributed by atoms with E-state index in [1.807, 2.05) is 17.5 Å². The molecule has 132 valence electrons. The molecule has 0 amide bonds. The molecule has 0 aliphatic carbocycles. The number of likely N-dealkylation sites (N-methyl/N-ethyl adjacent to an activating group) is 1. The highest BCUT2D eigenvalue weighted by molar-refractivity contribution is 7.10. The van der Waals surface area contributed by atoms with Crippen LogP contribution in [0.5, 0.6) is 0 Å². The maximum atomic E-state index is 5.85. The molecule has 24 heavy (non-hydrogen) atoms. The van der Waals surface area contributed by atoms with Crippen LogP contribution in [0.1, 0.15) is 42.3 Å². The minimum absolute atomic E-state index is 0.378. The van der Waals surface area contributed by atoms with Gasteiger partial charge in [0.05, 0.1) is 32.0 Å². The number of rotatable bonds is 7. The zero-order valence-electron chi connectivity index (χ0n) is 14.8. The summed E-state index contributed by atoms with van der Waals surface area (Å²) in [4.78, 5) is 10.7. The largest absolute Gasteiger partial charge is 0.444 e. The van der Waals surface area contributed by atoms with E-state index in [0.29, 0.717) is 12.0 Å². The van der Waals surface area contributed by atoms with Gasteiger partial charge in [0.2, 0.25) is 5.89 Å². The molecule has 0 aromatic carbocycles. The van der Waals surface area contributed by atoms with Crippen molar-refractivity contribution < 1.29 is 9.15 Å². The van der Waals surface area contributed by atoms with Crippen molar-refractivity contribution in [2.75, 3.05) is 39.9 Å². The standard InChI is InChI=1S/C18H27N3O2S/c1-14(2)16-11-19-18(23-16)13-20(3)12-15(17-5-4-10-24-17)21-6-8-22-9-7-21/h4-5,10-11,14-15H,6-9,12-13H2,1-3H3/t15-/m0/s1. The second kappa shape index (κ2) is 8.25. The van der Waals surface area contributed by atoms with Crippen LogP contribution in [-0.2, 0) is 11.3 Å². The Bertz CT molecular complexity index is 606. The zero-order valence-corrected chi connectivity index (χ0v) is 15.6. The van der Waals surface area contributed by atoms with Crippen LogP contribution in [0.2, 0.25) is 0 Å². The van der Waals surface area contributed by atoms with Gasteiger partial charge in [0.1, 0.15) is 5.76 Å². The van der Waals surface area contributed by atoms with Gasteiger partial charge in [-0.3, -0.25) is 9.80 Å². The van der Waals surface area contributed by atoms with Gasteiger partial charge in [0, 0.05) is 30.4 Å². The fourth-order valence-corrected chi connectivity index (χ4v) is 3.86. The fraction of sp³-hybridized carbons (Fsp3) is 0.611. The zero-order chi connectivity index (χ0) is 16.9. The maximum absolute atomic E-state index is 5.85. The Balaban J connectivity index is 1.64. The number of hydrogen-bond acceptors (Lipinski definition) is 6. The third-order valence-electron chi connectivity index (χ3n) is 4.39. The number of oxazole rings is 1. The van der Waals surface area contributed by atoms with Crippen molar-refractivity contribution in [1.29, 1.82) is 0 Å². The van der Waals surface area contributed by atoms with Crippen molar-refractivity contribution in [3.8, 4) is 0 Å². The molecule has 5 nitrogen and oxygen atoms in total. The van der Waals surface area contributed by atoms with E-state index in [1.54, 1.807) is 0 Å². The summed E-state index contributed by atoms with van der Waals surface area (Å²) in [6, 6.07) is 4.77. The van der Waals surface area contributed by atoms with Crippen molar-refractivity contribution in [3.05, 3.63) is 40.2 Å². The van der Waals surface area contributed by atoms with Gasteiger partial charge in [0.15, 0.2) is 0 Å². The Morgan fingerprint density at radius 2 is 2.12 bits per heavy atom. The highest BCUT2D eigenvalue weighted by atomic mass is 32.1. The molecule has 1 saturated heterocycles. The first-order valence-electron chi connectivity index (χ1n) is 8.62. The molecule has 0 saturated carbocycles. The molecule has 2 aromatic heterocycles. The predicted molar refractivity (Wildman–Crippen MR) is 96.4 cm³/mol. The van der Waals surface area contributed by atoms with E-state index in [-0.39, 0.29) is 0 Å². The highest BCUT2D eigenvalue weighted by Gasteiger charge is 2.25. The van der Waals surface area contributed by atoms with E-state index < -0.39 is 0 Å². The maximum Gasteiger partial charge on any atom is 0.208 e. The summed E-state index contributed by atoms with van der Waals surface area (Å²) in [5, 5.41) is 2.16. The average molecular weight is 350 g/mol. The Labute approximate surface area is 148 Å². The summed E-state index contributed by atoms with van der Waals surface area (Å²) >= 11 is 1.83. The molecule has 0 radical (unpaired) electrons. The van der Waals surface area contributed by atoms with Crippen LogP contribution in [0.15, 0.2) is 28.1 Å². The SMILES string of the molecule is CC(C)c1cnc(CN(C)C[C@@H](c2cccs2)N2CCOCC2)o1. The molecule has 0 N–H and O–H groups in total. The van der Waals surface area contributed by atoms with Crippen LogP contribution < -0.4 is 0 Å². The monoisotopic (exact) mass is 349 g/mol. The van der Waals surface area contributed by atoms with E-state index in [2.05, 4.69) is 53.2 Å². The number of morpholine rings is 1. The topological polar surface area (TPSA) is 41.7 Å². The van der Waals surface area contributed by atoms with Gasteiger partial charge in [-0.2, -0.15) is 0 Å². The van der Waals surface area contributed by atoms with Gasteiger partial charge in [-0.15, -0.1) is 11.3 Å². The first-order chi connectivity index (χ1) is 11.6. The smallest absolute Gasteiger partial charge is 0.208 e. The third kappa shape index (κ3) is 4.45. The number of hydrogen-bond donors (Lipinski definition) is 0. The summed E-state index contributed by atoms with van der Waals surface area (Å²) in [5.74, 6) is 2.14. The summed E-state index contributed by atoms with van der Waals surface area (Å²) < 4.78 is 11.4. The Morgan fingerprint density at radius 1 is 1.33 bits per heavy atom. The molecule has 1 aliphatic heterocycles. The lowest BCUT2D eigenvalue weighted by Gasteiger charge is -2.36. The molecule has 1 fully saturated rings. The molecule has 1 atom stereocenters. The van der Waals surface area contributed by atoms with E-state index in [4.69, 9.17) is 9.15 Å². The summed E-state index contributed by atoms with van der Waals surface area (Å²) in [5.41, 5.74) is 0. The van der Waals surface area contributed by atoms with Gasteiger partial charge < -0.3 is 9.15 Å². The molecule has 0 spiro atoms. The van der Waals surface area contributed by atoms with E-state index >= 15 is 0 Å². The van der Waals surface area contributed by atoms with Gasteiger partial charge in [-0.05, 0) is 18.5 Å². The van der Waals surface area contributed by atoms with E-state index in [0.717, 1.165) is 51.0 Å². The van der Waals surface area contributed by atoms with Crippen LogP contribution in [0, 0.1) is 0 Å². The normalized spacial score (nSPS) is 17.7. The van der Waals surface area contributed by atoms with Crippen molar-refractivity contribution in [3.63, 3.8) is 0 Å². The molecule has 6 heteroatoms. The van der Waals surface area contributed by atoms with Gasteiger partial charge in [-0.25, -0.2) is 4.98 Å². The van der Waals surface area contributed by atoms with Crippen molar-refractivity contribution in [2.24, 2.45) is 0 Å². The van der Waals surface area contributed by atoms with Crippen LogP contribution >= 0.6 is 11.3 Å². The van der Waals surface area contributed by atoms with Crippen LogP contribution in [0.25, 0.3) is 0 Å². The van der Waals surface area contributed by atoms with Crippen LogP contribution in [0.4, 0.5) is 0 Å². The molecule has 3 heterocycles. The second-order valence-corrected chi connectivity index (χ2v) is 7.67. The molecule has 0 bridgehead atoms.